The highest BCUT2D eigenvalue weighted by Crippen LogP contribution is 2.50. The van der Waals surface area contributed by atoms with E-state index in [0.717, 1.165) is 5.75 Å². The molecule has 2 heteroatoms. The van der Waals surface area contributed by atoms with Gasteiger partial charge >= 0.3 is 0 Å². The van der Waals surface area contributed by atoms with Crippen molar-refractivity contribution in [1.82, 2.24) is 0 Å². The predicted molar refractivity (Wildman–Crippen MR) is 84.9 cm³/mol. The number of hydrogen-bond donors (Lipinski definition) is 0. The van der Waals surface area contributed by atoms with Gasteiger partial charge in [-0.3, -0.25) is 0 Å². The maximum atomic E-state index is 5.39. The summed E-state index contributed by atoms with van der Waals surface area (Å²) in [5.74, 6) is 0.928. The smallest absolute Gasteiger partial charge is 0.119 e. The van der Waals surface area contributed by atoms with E-state index in [4.69, 9.17) is 4.74 Å². The summed E-state index contributed by atoms with van der Waals surface area (Å²) in [6.45, 7) is 4.58. The van der Waals surface area contributed by atoms with E-state index in [0.29, 0.717) is 0 Å². The molecule has 3 rings (SSSR count). The number of anilines is 1. The molecule has 20 heavy (non-hydrogen) atoms. The van der Waals surface area contributed by atoms with Gasteiger partial charge in [0.1, 0.15) is 5.75 Å². The van der Waals surface area contributed by atoms with Gasteiger partial charge in [0.15, 0.2) is 0 Å². The lowest BCUT2D eigenvalue weighted by atomic mass is 9.82. The first-order valence-electron chi connectivity index (χ1n) is 6.96. The standard InChI is InChI=1S/C18H21NO/c1-18(2)16-10-12(19(3)4)6-8-14(16)15-9-7-13(20-5)11-17(15)18/h6-11H,1-5H3. The van der Waals surface area contributed by atoms with Crippen LogP contribution in [0.3, 0.4) is 0 Å². The molecule has 0 bridgehead atoms. The first-order chi connectivity index (χ1) is 9.45. The van der Waals surface area contributed by atoms with E-state index in [9.17, 15) is 0 Å². The van der Waals surface area contributed by atoms with E-state index < -0.39 is 0 Å². The van der Waals surface area contributed by atoms with Gasteiger partial charge in [0.2, 0.25) is 0 Å². The third-order valence-electron chi connectivity index (χ3n) is 4.38. The summed E-state index contributed by atoms with van der Waals surface area (Å²) in [7, 11) is 5.89. The monoisotopic (exact) mass is 267 g/mol. The Morgan fingerprint density at radius 1 is 0.900 bits per heavy atom. The largest absolute Gasteiger partial charge is 0.497 e. The molecule has 0 saturated carbocycles. The normalized spacial score (nSPS) is 14.7. The van der Waals surface area contributed by atoms with Gasteiger partial charge in [-0.25, -0.2) is 0 Å². The predicted octanol–water partition coefficient (Wildman–Crippen LogP) is 4.07. The second-order valence-corrected chi connectivity index (χ2v) is 6.16. The Kier molecular flexibility index (Phi) is 2.79. The lowest BCUT2D eigenvalue weighted by Gasteiger charge is -2.23. The van der Waals surface area contributed by atoms with Gasteiger partial charge in [-0.2, -0.15) is 0 Å². The minimum absolute atomic E-state index is 0.0191. The van der Waals surface area contributed by atoms with Gasteiger partial charge in [-0.15, -0.1) is 0 Å². The van der Waals surface area contributed by atoms with E-state index in [-0.39, 0.29) is 5.41 Å². The maximum absolute atomic E-state index is 5.39. The summed E-state index contributed by atoms with van der Waals surface area (Å²) < 4.78 is 5.39. The van der Waals surface area contributed by atoms with Crippen LogP contribution in [0, 0.1) is 0 Å². The second-order valence-electron chi connectivity index (χ2n) is 6.16. The lowest BCUT2D eigenvalue weighted by Crippen LogP contribution is -2.16. The summed E-state index contributed by atoms with van der Waals surface area (Å²) in [5, 5.41) is 0. The highest BCUT2D eigenvalue weighted by molar-refractivity contribution is 5.83. The molecule has 2 nitrogen and oxygen atoms in total. The highest BCUT2D eigenvalue weighted by atomic mass is 16.5. The van der Waals surface area contributed by atoms with Crippen LogP contribution in [-0.4, -0.2) is 21.2 Å². The van der Waals surface area contributed by atoms with Gasteiger partial charge in [-0.05, 0) is 46.5 Å². The number of nitrogens with zero attached hydrogens (tertiary/aromatic N) is 1. The summed E-state index contributed by atoms with van der Waals surface area (Å²) >= 11 is 0. The van der Waals surface area contributed by atoms with E-state index >= 15 is 0 Å². The lowest BCUT2D eigenvalue weighted by molar-refractivity contribution is 0.413. The number of methoxy groups -OCH3 is 1. The van der Waals surface area contributed by atoms with Crippen molar-refractivity contribution < 1.29 is 4.74 Å². The molecule has 1 aliphatic rings. The van der Waals surface area contributed by atoms with Crippen LogP contribution in [-0.2, 0) is 5.41 Å². The molecule has 2 aromatic carbocycles. The first-order valence-corrected chi connectivity index (χ1v) is 6.96. The number of benzene rings is 2. The van der Waals surface area contributed by atoms with E-state index in [2.05, 4.69) is 63.2 Å². The Bertz CT molecular complexity index is 671. The van der Waals surface area contributed by atoms with Crippen LogP contribution in [0.1, 0.15) is 25.0 Å². The Balaban J connectivity index is 2.23. The van der Waals surface area contributed by atoms with Crippen LogP contribution >= 0.6 is 0 Å². The summed E-state index contributed by atoms with van der Waals surface area (Å²) in [6.07, 6.45) is 0. The van der Waals surface area contributed by atoms with Crippen molar-refractivity contribution >= 4 is 5.69 Å². The molecule has 2 aromatic rings. The van der Waals surface area contributed by atoms with Crippen LogP contribution in [0.5, 0.6) is 5.75 Å². The van der Waals surface area contributed by atoms with Crippen molar-refractivity contribution in [2.75, 3.05) is 26.1 Å². The average molecular weight is 267 g/mol. The van der Waals surface area contributed by atoms with Crippen LogP contribution in [0.4, 0.5) is 5.69 Å². The van der Waals surface area contributed by atoms with Crippen molar-refractivity contribution in [3.8, 4) is 16.9 Å². The van der Waals surface area contributed by atoms with E-state index in [1.54, 1.807) is 7.11 Å². The fraction of sp³-hybridized carbons (Fsp3) is 0.333. The van der Waals surface area contributed by atoms with Crippen LogP contribution in [0.25, 0.3) is 11.1 Å². The Morgan fingerprint density at radius 3 is 2.10 bits per heavy atom. The van der Waals surface area contributed by atoms with Gasteiger partial charge in [-0.1, -0.05) is 26.0 Å². The highest BCUT2D eigenvalue weighted by Gasteiger charge is 2.35. The molecule has 0 spiro atoms. The van der Waals surface area contributed by atoms with Crippen molar-refractivity contribution in [1.29, 1.82) is 0 Å². The summed E-state index contributed by atoms with van der Waals surface area (Å²) in [5.41, 5.74) is 6.69. The van der Waals surface area contributed by atoms with Crippen LogP contribution in [0.15, 0.2) is 36.4 Å². The molecule has 104 valence electrons. The number of hydrogen-bond acceptors (Lipinski definition) is 2. The molecule has 0 N–H and O–H groups in total. The van der Waals surface area contributed by atoms with Gasteiger partial charge in [0.25, 0.3) is 0 Å². The first kappa shape index (κ1) is 13.0. The summed E-state index contributed by atoms with van der Waals surface area (Å²) in [6, 6.07) is 13.1. The minimum atomic E-state index is 0.0191. The topological polar surface area (TPSA) is 12.5 Å². The average Bonchev–Trinajstić information content (AvgIpc) is 2.67. The molecule has 0 fully saturated rings. The van der Waals surface area contributed by atoms with Crippen molar-refractivity contribution in [3.63, 3.8) is 0 Å². The minimum Gasteiger partial charge on any atom is -0.497 e. The van der Waals surface area contributed by atoms with Crippen molar-refractivity contribution in [2.45, 2.75) is 19.3 Å². The van der Waals surface area contributed by atoms with Gasteiger partial charge in [0.05, 0.1) is 7.11 Å². The van der Waals surface area contributed by atoms with Gasteiger partial charge < -0.3 is 9.64 Å². The second kappa shape index (κ2) is 4.27. The van der Waals surface area contributed by atoms with E-state index in [1.165, 1.54) is 27.9 Å². The molecule has 0 heterocycles. The van der Waals surface area contributed by atoms with Crippen molar-refractivity contribution in [2.24, 2.45) is 0 Å². The van der Waals surface area contributed by atoms with Crippen molar-refractivity contribution in [3.05, 3.63) is 47.5 Å². The molecule has 1 aliphatic carbocycles. The fourth-order valence-corrected chi connectivity index (χ4v) is 3.11. The maximum Gasteiger partial charge on any atom is 0.119 e. The zero-order valence-electron chi connectivity index (χ0n) is 12.8. The number of ether oxygens (including phenoxy) is 1. The molecule has 0 atom stereocenters. The zero-order chi connectivity index (χ0) is 14.5. The van der Waals surface area contributed by atoms with Crippen LogP contribution in [0.2, 0.25) is 0 Å². The fourth-order valence-electron chi connectivity index (χ4n) is 3.11. The number of fused-ring (bicyclic) bond motifs is 3. The molecule has 0 aliphatic heterocycles. The van der Waals surface area contributed by atoms with Crippen LogP contribution < -0.4 is 9.64 Å². The van der Waals surface area contributed by atoms with Gasteiger partial charge in [0, 0.05) is 25.2 Å². The summed E-state index contributed by atoms with van der Waals surface area (Å²) in [4.78, 5) is 2.15. The quantitative estimate of drug-likeness (QED) is 0.813. The Morgan fingerprint density at radius 2 is 1.50 bits per heavy atom. The molecule has 0 amide bonds. The Labute approximate surface area is 121 Å². The molecule has 0 aromatic heterocycles. The number of rotatable bonds is 2. The molecule has 0 saturated heterocycles. The third kappa shape index (κ3) is 1.71. The Hall–Kier alpha value is -1.96. The van der Waals surface area contributed by atoms with E-state index in [1.807, 2.05) is 6.07 Å². The zero-order valence-corrected chi connectivity index (χ0v) is 12.8. The molecule has 0 unspecified atom stereocenters. The molecule has 0 radical (unpaired) electrons. The molecular formula is C18H21NO. The molecular weight excluding hydrogens is 246 g/mol. The third-order valence-corrected chi connectivity index (χ3v) is 4.38. The SMILES string of the molecule is COc1ccc2c(c1)C(C)(C)c1cc(N(C)C)ccc1-2.